The van der Waals surface area contributed by atoms with Crippen molar-refractivity contribution >= 4 is 33.7 Å². The zero-order chi connectivity index (χ0) is 22.7. The third-order valence-electron chi connectivity index (χ3n) is 5.69. The van der Waals surface area contributed by atoms with Crippen molar-refractivity contribution in [3.63, 3.8) is 0 Å². The van der Waals surface area contributed by atoms with Crippen LogP contribution in [0.4, 0.5) is 5.82 Å². The number of hydrogen-bond donors (Lipinski definition) is 2. The molecule has 3 aromatic heterocycles. The Kier molecular flexibility index (Phi) is 6.35. The Morgan fingerprint density at radius 1 is 1.19 bits per heavy atom. The Hall–Kier alpha value is -3.48. The van der Waals surface area contributed by atoms with Gasteiger partial charge in [0.05, 0.1) is 11.0 Å². The molecule has 7 heteroatoms. The van der Waals surface area contributed by atoms with Crippen LogP contribution in [0.2, 0.25) is 0 Å². The van der Waals surface area contributed by atoms with Gasteiger partial charge in [-0.25, -0.2) is 9.97 Å². The minimum atomic E-state index is -0.0411. The van der Waals surface area contributed by atoms with Gasteiger partial charge in [-0.1, -0.05) is 45.4 Å². The molecule has 0 fully saturated rings. The highest BCUT2D eigenvalue weighted by Gasteiger charge is 2.18. The number of hydrogen-bond acceptors (Lipinski definition) is 5. The number of nitrogens with zero attached hydrogens (tertiary/aromatic N) is 4. The van der Waals surface area contributed by atoms with E-state index in [0.717, 1.165) is 58.2 Å². The number of aromatic nitrogens is 4. The van der Waals surface area contributed by atoms with Crippen molar-refractivity contribution in [2.24, 2.45) is 5.92 Å². The van der Waals surface area contributed by atoms with Gasteiger partial charge in [0.1, 0.15) is 11.3 Å². The summed E-state index contributed by atoms with van der Waals surface area (Å²) in [7, 11) is 0. The first-order chi connectivity index (χ1) is 15.5. The van der Waals surface area contributed by atoms with Crippen molar-refractivity contribution < 1.29 is 4.79 Å². The van der Waals surface area contributed by atoms with Crippen LogP contribution in [0.25, 0.3) is 33.1 Å². The second-order valence-electron chi connectivity index (χ2n) is 8.40. The second kappa shape index (κ2) is 9.34. The van der Waals surface area contributed by atoms with Crippen molar-refractivity contribution in [1.82, 2.24) is 24.8 Å². The van der Waals surface area contributed by atoms with Crippen LogP contribution in [0.15, 0.2) is 42.7 Å². The summed E-state index contributed by atoms with van der Waals surface area (Å²) in [5, 5.41) is 4.03. The van der Waals surface area contributed by atoms with Crippen LogP contribution in [0.1, 0.15) is 39.4 Å². The number of benzene rings is 1. The third-order valence-corrected chi connectivity index (χ3v) is 5.69. The van der Waals surface area contributed by atoms with Gasteiger partial charge in [-0.2, -0.15) is 0 Å². The Morgan fingerprint density at radius 3 is 2.75 bits per heavy atom. The van der Waals surface area contributed by atoms with Crippen LogP contribution in [0.5, 0.6) is 0 Å². The number of unbranched alkanes of at least 4 members (excludes halogenated alkanes) is 1. The number of fused-ring (bicyclic) bond motifs is 3. The highest BCUT2D eigenvalue weighted by Crippen LogP contribution is 2.32. The summed E-state index contributed by atoms with van der Waals surface area (Å²) in [4.78, 5) is 25.8. The molecule has 0 saturated heterocycles. The molecule has 1 amide bonds. The number of aryl methyl sites for hydroxylation is 1. The van der Waals surface area contributed by atoms with Gasteiger partial charge in [0.15, 0.2) is 5.82 Å². The first-order valence-electron chi connectivity index (χ1n) is 11.3. The maximum atomic E-state index is 12.1. The largest absolute Gasteiger partial charge is 0.382 e. The third kappa shape index (κ3) is 4.28. The summed E-state index contributed by atoms with van der Waals surface area (Å²) in [6, 6.07) is 10.2. The Labute approximate surface area is 188 Å². The van der Waals surface area contributed by atoms with Gasteiger partial charge in [-0.15, -0.1) is 0 Å². The fourth-order valence-corrected chi connectivity index (χ4v) is 3.93. The fraction of sp³-hybridized carbons (Fsp3) is 0.360. The number of rotatable bonds is 8. The predicted molar refractivity (Wildman–Crippen MR) is 129 cm³/mol. The first-order valence-corrected chi connectivity index (χ1v) is 11.3. The number of nitrogen functional groups attached to an aromatic ring is 1. The average Bonchev–Trinajstić information content (AvgIpc) is 3.17. The summed E-state index contributed by atoms with van der Waals surface area (Å²) in [6.07, 6.45) is 6.58. The molecule has 166 valence electrons. The van der Waals surface area contributed by atoms with Crippen LogP contribution in [0, 0.1) is 5.92 Å². The zero-order valence-corrected chi connectivity index (χ0v) is 18.9. The Bertz CT molecular complexity index is 1250. The van der Waals surface area contributed by atoms with Crippen molar-refractivity contribution in [1.29, 1.82) is 0 Å². The predicted octanol–water partition coefficient (Wildman–Crippen LogP) is 4.34. The molecule has 0 radical (unpaired) electrons. The Balaban J connectivity index is 1.81. The number of amides is 1. The van der Waals surface area contributed by atoms with Crippen molar-refractivity contribution in [2.45, 2.75) is 46.6 Å². The monoisotopic (exact) mass is 430 g/mol. The second-order valence-corrected chi connectivity index (χ2v) is 8.40. The minimum Gasteiger partial charge on any atom is -0.382 e. The molecule has 4 rings (SSSR count). The average molecular weight is 431 g/mol. The number of anilines is 1. The van der Waals surface area contributed by atoms with Gasteiger partial charge in [0, 0.05) is 48.8 Å². The summed E-state index contributed by atoms with van der Waals surface area (Å²) < 4.78 is 2.20. The van der Waals surface area contributed by atoms with Crippen LogP contribution in [-0.4, -0.2) is 32.0 Å². The van der Waals surface area contributed by atoms with E-state index in [9.17, 15) is 4.79 Å². The summed E-state index contributed by atoms with van der Waals surface area (Å²) in [5.74, 6) is 1.42. The van der Waals surface area contributed by atoms with Crippen molar-refractivity contribution in [3.05, 3.63) is 48.5 Å². The lowest BCUT2D eigenvalue weighted by molar-refractivity contribution is -0.124. The fourth-order valence-electron chi connectivity index (χ4n) is 3.93. The standard InChI is InChI=1S/C25H30N6O/c1-4-5-8-21-30-22-23(31(21)13-12-28-25(32)16(2)3)19-10-9-17(14-20(19)29-24(22)26)18-7-6-11-27-15-18/h6-7,9-11,14-16H,4-5,8,12-13H2,1-3H3,(H2,26,29)(H,28,32). The molecule has 0 spiro atoms. The highest BCUT2D eigenvalue weighted by molar-refractivity contribution is 6.07. The number of nitrogens with one attached hydrogen (secondary N) is 1. The molecule has 7 nitrogen and oxygen atoms in total. The molecule has 0 atom stereocenters. The van der Waals surface area contributed by atoms with Gasteiger partial charge < -0.3 is 15.6 Å². The van der Waals surface area contributed by atoms with Crippen LogP contribution in [-0.2, 0) is 17.8 Å². The molecular formula is C25H30N6O. The summed E-state index contributed by atoms with van der Waals surface area (Å²) in [6.45, 7) is 7.14. The van der Waals surface area contributed by atoms with E-state index in [2.05, 4.69) is 38.9 Å². The van der Waals surface area contributed by atoms with Crippen LogP contribution < -0.4 is 11.1 Å². The first kappa shape index (κ1) is 21.7. The van der Waals surface area contributed by atoms with Crippen molar-refractivity contribution in [3.8, 4) is 11.1 Å². The van der Waals surface area contributed by atoms with Crippen LogP contribution in [0.3, 0.4) is 0 Å². The van der Waals surface area contributed by atoms with Gasteiger partial charge in [-0.3, -0.25) is 9.78 Å². The maximum Gasteiger partial charge on any atom is 0.222 e. The molecule has 1 aromatic carbocycles. The smallest absolute Gasteiger partial charge is 0.222 e. The molecule has 0 aliphatic carbocycles. The molecule has 0 saturated carbocycles. The molecule has 0 unspecified atom stereocenters. The lowest BCUT2D eigenvalue weighted by Gasteiger charge is -2.13. The lowest BCUT2D eigenvalue weighted by atomic mass is 10.0. The molecule has 3 N–H and O–H groups in total. The number of imidazole rings is 1. The lowest BCUT2D eigenvalue weighted by Crippen LogP contribution is -2.31. The van der Waals surface area contributed by atoms with Crippen LogP contribution >= 0.6 is 0 Å². The van der Waals surface area contributed by atoms with E-state index in [0.29, 0.717) is 18.9 Å². The number of nitrogens with two attached hydrogens (primary N) is 1. The normalized spacial score (nSPS) is 11.5. The maximum absolute atomic E-state index is 12.1. The molecule has 32 heavy (non-hydrogen) atoms. The van der Waals surface area contributed by atoms with Gasteiger partial charge >= 0.3 is 0 Å². The quantitative estimate of drug-likeness (QED) is 0.433. The summed E-state index contributed by atoms with van der Waals surface area (Å²) >= 11 is 0. The Morgan fingerprint density at radius 2 is 2.03 bits per heavy atom. The van der Waals surface area contributed by atoms with Gasteiger partial charge in [0.25, 0.3) is 0 Å². The SMILES string of the molecule is CCCCc1nc2c(N)nc3cc(-c4cccnc4)ccc3c2n1CCNC(=O)C(C)C. The topological polar surface area (TPSA) is 98.7 Å². The summed E-state index contributed by atoms with van der Waals surface area (Å²) in [5.41, 5.74) is 11.0. The molecule has 0 aliphatic rings. The van der Waals surface area contributed by atoms with E-state index >= 15 is 0 Å². The number of carbonyl (C=O) groups is 1. The molecule has 3 heterocycles. The van der Waals surface area contributed by atoms with E-state index in [4.69, 9.17) is 10.7 Å². The molecule has 4 aromatic rings. The van der Waals surface area contributed by atoms with Crippen molar-refractivity contribution in [2.75, 3.05) is 12.3 Å². The van der Waals surface area contributed by atoms with E-state index in [-0.39, 0.29) is 11.8 Å². The molecule has 0 bridgehead atoms. The van der Waals surface area contributed by atoms with Gasteiger partial charge in [-0.05, 0) is 24.1 Å². The number of pyridine rings is 2. The van der Waals surface area contributed by atoms with E-state index < -0.39 is 0 Å². The van der Waals surface area contributed by atoms with E-state index in [1.54, 1.807) is 6.20 Å². The van der Waals surface area contributed by atoms with Gasteiger partial charge in [0.2, 0.25) is 5.91 Å². The minimum absolute atomic E-state index is 0.0411. The number of carbonyl (C=O) groups excluding carboxylic acids is 1. The molecular weight excluding hydrogens is 400 g/mol. The van der Waals surface area contributed by atoms with E-state index in [1.165, 1.54) is 0 Å². The van der Waals surface area contributed by atoms with E-state index in [1.807, 2.05) is 38.2 Å². The highest BCUT2D eigenvalue weighted by atomic mass is 16.1. The molecule has 0 aliphatic heterocycles. The zero-order valence-electron chi connectivity index (χ0n) is 18.9.